The van der Waals surface area contributed by atoms with Crippen LogP contribution in [0.2, 0.25) is 0 Å². The van der Waals surface area contributed by atoms with Gasteiger partial charge in [0.05, 0.1) is 0 Å². The predicted octanol–water partition coefficient (Wildman–Crippen LogP) is 2.38. The van der Waals surface area contributed by atoms with Crippen LogP contribution in [0.25, 0.3) is 0 Å². The fraction of sp³-hybridized carbons (Fsp3) is 0.538. The zero-order chi connectivity index (χ0) is 10.7. The molecule has 1 aromatic carbocycles. The standard InChI is InChI=1S/C12H17FN2.CH4/c13-12-4-2-1-3-10(12)9-15-7-5-11(14)6-8-15;/h1-4,11H,5-9,14H2;1H4. The summed E-state index contributed by atoms with van der Waals surface area (Å²) in [6, 6.07) is 7.32. The molecule has 0 atom stereocenters. The Morgan fingerprint density at radius 1 is 1.25 bits per heavy atom. The summed E-state index contributed by atoms with van der Waals surface area (Å²) in [6.45, 7) is 2.67. The minimum Gasteiger partial charge on any atom is -0.328 e. The average molecular weight is 224 g/mol. The Morgan fingerprint density at radius 3 is 2.50 bits per heavy atom. The first-order chi connectivity index (χ1) is 7.25. The summed E-state index contributed by atoms with van der Waals surface area (Å²) < 4.78 is 13.4. The summed E-state index contributed by atoms with van der Waals surface area (Å²) in [7, 11) is 0. The summed E-state index contributed by atoms with van der Waals surface area (Å²) in [5.41, 5.74) is 6.60. The Kier molecular flexibility index (Phi) is 4.90. The number of hydrogen-bond acceptors (Lipinski definition) is 2. The first-order valence-electron chi connectivity index (χ1n) is 5.47. The van der Waals surface area contributed by atoms with E-state index in [-0.39, 0.29) is 13.2 Å². The van der Waals surface area contributed by atoms with E-state index in [9.17, 15) is 4.39 Å². The van der Waals surface area contributed by atoms with Gasteiger partial charge in [-0.1, -0.05) is 25.6 Å². The summed E-state index contributed by atoms with van der Waals surface area (Å²) >= 11 is 0. The number of likely N-dealkylation sites (tertiary alicyclic amines) is 1. The van der Waals surface area contributed by atoms with Crippen molar-refractivity contribution < 1.29 is 4.39 Å². The minimum absolute atomic E-state index is 0. The van der Waals surface area contributed by atoms with Gasteiger partial charge in [0.15, 0.2) is 0 Å². The van der Waals surface area contributed by atoms with E-state index >= 15 is 0 Å². The van der Waals surface area contributed by atoms with Gasteiger partial charge in [-0.3, -0.25) is 4.90 Å². The smallest absolute Gasteiger partial charge is 0.127 e. The second-order valence-electron chi connectivity index (χ2n) is 4.20. The van der Waals surface area contributed by atoms with E-state index in [1.807, 2.05) is 12.1 Å². The van der Waals surface area contributed by atoms with Crippen molar-refractivity contribution in [3.8, 4) is 0 Å². The highest BCUT2D eigenvalue weighted by Gasteiger charge is 2.16. The molecule has 0 spiro atoms. The summed E-state index contributed by atoms with van der Waals surface area (Å²) in [5.74, 6) is -0.104. The molecule has 2 nitrogen and oxygen atoms in total. The number of halogens is 1. The van der Waals surface area contributed by atoms with Crippen molar-refractivity contribution in [3.63, 3.8) is 0 Å². The molecule has 0 amide bonds. The maximum atomic E-state index is 13.4. The van der Waals surface area contributed by atoms with Crippen LogP contribution in [0.1, 0.15) is 25.8 Å². The normalized spacial score (nSPS) is 18.1. The molecule has 2 rings (SSSR count). The van der Waals surface area contributed by atoms with Crippen LogP contribution in [-0.4, -0.2) is 24.0 Å². The monoisotopic (exact) mass is 224 g/mol. The predicted molar refractivity (Wildman–Crippen MR) is 65.6 cm³/mol. The molecule has 0 aromatic heterocycles. The fourth-order valence-electron chi connectivity index (χ4n) is 1.98. The van der Waals surface area contributed by atoms with Crippen LogP contribution in [0, 0.1) is 5.82 Å². The molecular formula is C13H21FN2. The van der Waals surface area contributed by atoms with E-state index in [1.54, 1.807) is 6.07 Å². The van der Waals surface area contributed by atoms with Crippen molar-refractivity contribution in [2.24, 2.45) is 5.73 Å². The van der Waals surface area contributed by atoms with E-state index in [0.29, 0.717) is 12.6 Å². The second-order valence-corrected chi connectivity index (χ2v) is 4.20. The lowest BCUT2D eigenvalue weighted by molar-refractivity contribution is 0.203. The Bertz CT molecular complexity index is 319. The van der Waals surface area contributed by atoms with Crippen LogP contribution < -0.4 is 5.73 Å². The highest BCUT2D eigenvalue weighted by molar-refractivity contribution is 5.17. The molecule has 90 valence electrons. The highest BCUT2D eigenvalue weighted by atomic mass is 19.1. The fourth-order valence-corrected chi connectivity index (χ4v) is 1.98. The molecule has 0 bridgehead atoms. The lowest BCUT2D eigenvalue weighted by atomic mass is 10.1. The van der Waals surface area contributed by atoms with Gasteiger partial charge >= 0.3 is 0 Å². The summed E-state index contributed by atoms with van der Waals surface area (Å²) in [6.07, 6.45) is 2.04. The number of benzene rings is 1. The van der Waals surface area contributed by atoms with Gasteiger partial charge in [0.2, 0.25) is 0 Å². The first kappa shape index (κ1) is 13.1. The van der Waals surface area contributed by atoms with Gasteiger partial charge in [-0.15, -0.1) is 0 Å². The second kappa shape index (κ2) is 5.97. The molecule has 1 aliphatic heterocycles. The van der Waals surface area contributed by atoms with Gasteiger partial charge in [0, 0.05) is 18.2 Å². The number of nitrogens with two attached hydrogens (primary N) is 1. The summed E-state index contributed by atoms with van der Waals surface area (Å²) in [5, 5.41) is 0. The van der Waals surface area contributed by atoms with Gasteiger partial charge < -0.3 is 5.73 Å². The molecular weight excluding hydrogens is 203 g/mol. The lowest BCUT2D eigenvalue weighted by Crippen LogP contribution is -2.39. The van der Waals surface area contributed by atoms with Crippen molar-refractivity contribution in [3.05, 3.63) is 35.6 Å². The number of hydrogen-bond donors (Lipinski definition) is 1. The van der Waals surface area contributed by atoms with Gasteiger partial charge in [-0.05, 0) is 32.0 Å². The number of rotatable bonds is 2. The Labute approximate surface area is 97.3 Å². The van der Waals surface area contributed by atoms with Crippen molar-refractivity contribution in [2.75, 3.05) is 13.1 Å². The molecule has 3 heteroatoms. The van der Waals surface area contributed by atoms with Crippen molar-refractivity contribution in [1.82, 2.24) is 4.90 Å². The molecule has 1 heterocycles. The van der Waals surface area contributed by atoms with E-state index in [4.69, 9.17) is 5.73 Å². The van der Waals surface area contributed by atoms with Crippen LogP contribution in [0.15, 0.2) is 24.3 Å². The molecule has 1 aromatic rings. The molecule has 0 aliphatic carbocycles. The van der Waals surface area contributed by atoms with E-state index < -0.39 is 0 Å². The molecule has 1 aliphatic rings. The van der Waals surface area contributed by atoms with Crippen molar-refractivity contribution in [1.29, 1.82) is 0 Å². The third kappa shape index (κ3) is 3.29. The largest absolute Gasteiger partial charge is 0.328 e. The van der Waals surface area contributed by atoms with E-state index in [2.05, 4.69) is 4.90 Å². The zero-order valence-corrected chi connectivity index (χ0v) is 8.82. The Balaban J connectivity index is 0.00000128. The maximum absolute atomic E-state index is 13.4. The quantitative estimate of drug-likeness (QED) is 0.835. The summed E-state index contributed by atoms with van der Waals surface area (Å²) in [4.78, 5) is 2.27. The van der Waals surface area contributed by atoms with Crippen molar-refractivity contribution >= 4 is 0 Å². The third-order valence-corrected chi connectivity index (χ3v) is 2.98. The lowest BCUT2D eigenvalue weighted by Gasteiger charge is -2.30. The minimum atomic E-state index is -0.104. The topological polar surface area (TPSA) is 29.3 Å². The van der Waals surface area contributed by atoms with Crippen LogP contribution in [0.4, 0.5) is 4.39 Å². The molecule has 16 heavy (non-hydrogen) atoms. The van der Waals surface area contributed by atoms with Gasteiger partial charge in [0.1, 0.15) is 5.82 Å². The van der Waals surface area contributed by atoms with E-state index in [1.165, 1.54) is 6.07 Å². The maximum Gasteiger partial charge on any atom is 0.127 e. The van der Waals surface area contributed by atoms with Gasteiger partial charge in [0.25, 0.3) is 0 Å². The molecule has 1 fully saturated rings. The third-order valence-electron chi connectivity index (χ3n) is 2.98. The number of nitrogens with zero attached hydrogens (tertiary/aromatic N) is 1. The highest BCUT2D eigenvalue weighted by Crippen LogP contribution is 2.14. The van der Waals surface area contributed by atoms with Crippen LogP contribution in [0.3, 0.4) is 0 Å². The Hall–Kier alpha value is -0.930. The van der Waals surface area contributed by atoms with Crippen LogP contribution in [0.5, 0.6) is 0 Å². The first-order valence-corrected chi connectivity index (χ1v) is 5.47. The molecule has 0 radical (unpaired) electrons. The molecule has 0 saturated carbocycles. The van der Waals surface area contributed by atoms with Gasteiger partial charge in [-0.2, -0.15) is 0 Å². The molecule has 1 saturated heterocycles. The molecule has 0 unspecified atom stereocenters. The Morgan fingerprint density at radius 2 is 1.88 bits per heavy atom. The number of piperidine rings is 1. The van der Waals surface area contributed by atoms with Crippen LogP contribution in [-0.2, 0) is 6.54 Å². The van der Waals surface area contributed by atoms with Crippen molar-refractivity contribution in [2.45, 2.75) is 32.9 Å². The van der Waals surface area contributed by atoms with E-state index in [0.717, 1.165) is 31.5 Å². The zero-order valence-electron chi connectivity index (χ0n) is 8.82. The molecule has 2 N–H and O–H groups in total. The SMILES string of the molecule is C.NC1CCN(Cc2ccccc2F)CC1. The van der Waals surface area contributed by atoms with Gasteiger partial charge in [-0.25, -0.2) is 4.39 Å². The van der Waals surface area contributed by atoms with Crippen LogP contribution >= 0.6 is 0 Å². The average Bonchev–Trinajstić information content (AvgIpc) is 2.25.